The van der Waals surface area contributed by atoms with Crippen LogP contribution in [0.15, 0.2) is 36.4 Å². The number of rotatable bonds is 2. The molecule has 23 heavy (non-hydrogen) atoms. The summed E-state index contributed by atoms with van der Waals surface area (Å²) in [5.74, 6) is -2.40. The van der Waals surface area contributed by atoms with Gasteiger partial charge in [-0.2, -0.15) is 0 Å². The molecule has 1 N–H and O–H groups in total. The number of carbonyl (C=O) groups is 2. The molecule has 0 bridgehead atoms. The summed E-state index contributed by atoms with van der Waals surface area (Å²) in [5, 5.41) is 2.90. The van der Waals surface area contributed by atoms with Crippen molar-refractivity contribution in [2.75, 3.05) is 5.32 Å². The van der Waals surface area contributed by atoms with Crippen molar-refractivity contribution in [3.63, 3.8) is 0 Å². The second-order valence-corrected chi connectivity index (χ2v) is 5.82. The van der Waals surface area contributed by atoms with E-state index in [2.05, 4.69) is 5.32 Å². The molecular formula is C16H10Cl2FNO3. The highest BCUT2D eigenvalue weighted by Crippen LogP contribution is 2.37. The van der Waals surface area contributed by atoms with E-state index in [1.165, 1.54) is 24.3 Å². The standard InChI is InChI=1S/C16H10Cl2FNO3/c17-11-2-1-3-12(18)15(11)23-16(22)10-7-14(21)20-13-6-8(19)4-5-9(10)13/h1-6,10H,7H2,(H,20,21). The van der Waals surface area contributed by atoms with Crippen LogP contribution < -0.4 is 10.1 Å². The number of carbonyl (C=O) groups excluding carboxylic acids is 2. The lowest BCUT2D eigenvalue weighted by Crippen LogP contribution is -2.30. The Balaban J connectivity index is 1.93. The smallest absolute Gasteiger partial charge is 0.319 e. The molecule has 1 amide bonds. The Bertz CT molecular complexity index is 790. The van der Waals surface area contributed by atoms with Crippen LogP contribution in [-0.4, -0.2) is 11.9 Å². The fraction of sp³-hybridized carbons (Fsp3) is 0.125. The van der Waals surface area contributed by atoms with E-state index >= 15 is 0 Å². The first-order chi connectivity index (χ1) is 11.0. The molecule has 0 saturated heterocycles. The van der Waals surface area contributed by atoms with Crippen molar-refractivity contribution in [3.8, 4) is 5.75 Å². The number of esters is 1. The van der Waals surface area contributed by atoms with Crippen LogP contribution in [0.2, 0.25) is 10.0 Å². The number of ether oxygens (including phenoxy) is 1. The van der Waals surface area contributed by atoms with Gasteiger partial charge in [0, 0.05) is 12.1 Å². The zero-order valence-electron chi connectivity index (χ0n) is 11.6. The van der Waals surface area contributed by atoms with Gasteiger partial charge < -0.3 is 10.1 Å². The Morgan fingerprint density at radius 3 is 2.61 bits per heavy atom. The highest BCUT2D eigenvalue weighted by atomic mass is 35.5. The summed E-state index contributed by atoms with van der Waals surface area (Å²) in [5.41, 5.74) is 0.743. The van der Waals surface area contributed by atoms with Gasteiger partial charge in [0.2, 0.25) is 5.91 Å². The average Bonchev–Trinajstić information content (AvgIpc) is 2.49. The minimum absolute atomic E-state index is 0.0375. The van der Waals surface area contributed by atoms with E-state index in [-0.39, 0.29) is 27.9 Å². The lowest BCUT2D eigenvalue weighted by Gasteiger charge is -2.24. The second kappa shape index (κ2) is 6.18. The quantitative estimate of drug-likeness (QED) is 0.651. The van der Waals surface area contributed by atoms with Crippen molar-refractivity contribution in [2.45, 2.75) is 12.3 Å². The van der Waals surface area contributed by atoms with Gasteiger partial charge in [-0.15, -0.1) is 0 Å². The Morgan fingerprint density at radius 2 is 1.91 bits per heavy atom. The maximum atomic E-state index is 13.3. The number of hydrogen-bond acceptors (Lipinski definition) is 3. The fourth-order valence-corrected chi connectivity index (χ4v) is 2.87. The molecule has 0 spiro atoms. The van der Waals surface area contributed by atoms with Crippen molar-refractivity contribution >= 4 is 40.8 Å². The van der Waals surface area contributed by atoms with E-state index < -0.39 is 23.6 Å². The molecule has 1 atom stereocenters. The number of fused-ring (bicyclic) bond motifs is 1. The van der Waals surface area contributed by atoms with Gasteiger partial charge in [0.05, 0.1) is 16.0 Å². The van der Waals surface area contributed by atoms with Crippen LogP contribution in [0.5, 0.6) is 5.75 Å². The van der Waals surface area contributed by atoms with E-state index in [9.17, 15) is 14.0 Å². The van der Waals surface area contributed by atoms with Gasteiger partial charge in [-0.1, -0.05) is 35.3 Å². The van der Waals surface area contributed by atoms with E-state index in [1.807, 2.05) is 0 Å². The van der Waals surface area contributed by atoms with Crippen LogP contribution >= 0.6 is 23.2 Å². The predicted octanol–water partition coefficient (Wildman–Crippen LogP) is 4.16. The molecule has 2 aromatic carbocycles. The first-order valence-electron chi connectivity index (χ1n) is 6.70. The van der Waals surface area contributed by atoms with Gasteiger partial charge in [-0.05, 0) is 29.8 Å². The monoisotopic (exact) mass is 353 g/mol. The van der Waals surface area contributed by atoms with Crippen molar-refractivity contribution in [1.29, 1.82) is 0 Å². The lowest BCUT2D eigenvalue weighted by molar-refractivity contribution is -0.138. The third-order valence-electron chi connectivity index (χ3n) is 3.46. The van der Waals surface area contributed by atoms with Crippen molar-refractivity contribution in [1.82, 2.24) is 0 Å². The normalized spacial score (nSPS) is 16.5. The van der Waals surface area contributed by atoms with Gasteiger partial charge in [0.1, 0.15) is 5.82 Å². The number of nitrogens with one attached hydrogen (secondary N) is 1. The molecule has 0 radical (unpaired) electrons. The van der Waals surface area contributed by atoms with Crippen LogP contribution in [-0.2, 0) is 9.59 Å². The van der Waals surface area contributed by atoms with Gasteiger partial charge in [0.25, 0.3) is 0 Å². The highest BCUT2D eigenvalue weighted by Gasteiger charge is 2.33. The molecule has 0 saturated carbocycles. The molecule has 1 aliphatic rings. The Morgan fingerprint density at radius 1 is 1.22 bits per heavy atom. The van der Waals surface area contributed by atoms with Gasteiger partial charge in [-0.3, -0.25) is 9.59 Å². The van der Waals surface area contributed by atoms with E-state index in [4.69, 9.17) is 27.9 Å². The topological polar surface area (TPSA) is 55.4 Å². The maximum absolute atomic E-state index is 13.3. The molecule has 0 aromatic heterocycles. The summed E-state index contributed by atoms with van der Waals surface area (Å²) in [6.07, 6.45) is -0.0977. The Kier molecular flexibility index (Phi) is 4.24. The summed E-state index contributed by atoms with van der Waals surface area (Å²) < 4.78 is 18.6. The van der Waals surface area contributed by atoms with Crippen LogP contribution in [0.1, 0.15) is 17.9 Å². The molecular weight excluding hydrogens is 344 g/mol. The van der Waals surface area contributed by atoms with Crippen molar-refractivity contribution in [3.05, 3.63) is 57.8 Å². The Hall–Kier alpha value is -2.11. The number of hydrogen-bond donors (Lipinski definition) is 1. The third-order valence-corrected chi connectivity index (χ3v) is 4.06. The summed E-state index contributed by atoms with van der Waals surface area (Å²) >= 11 is 11.9. The highest BCUT2D eigenvalue weighted by molar-refractivity contribution is 6.37. The molecule has 2 aromatic rings. The average molecular weight is 354 g/mol. The molecule has 4 nitrogen and oxygen atoms in total. The molecule has 1 heterocycles. The summed E-state index contributed by atoms with van der Waals surface area (Å²) in [6, 6.07) is 8.52. The second-order valence-electron chi connectivity index (χ2n) is 5.01. The molecule has 0 fully saturated rings. The zero-order chi connectivity index (χ0) is 16.6. The van der Waals surface area contributed by atoms with Gasteiger partial charge in [0.15, 0.2) is 5.75 Å². The molecule has 7 heteroatoms. The SMILES string of the molecule is O=C1CC(C(=O)Oc2c(Cl)cccc2Cl)c2ccc(F)cc2N1. The first-order valence-corrected chi connectivity index (χ1v) is 7.46. The van der Waals surface area contributed by atoms with E-state index in [0.29, 0.717) is 5.56 Å². The van der Waals surface area contributed by atoms with Gasteiger partial charge >= 0.3 is 5.97 Å². The minimum Gasteiger partial charge on any atom is -0.423 e. The van der Waals surface area contributed by atoms with Crippen LogP contribution in [0.25, 0.3) is 0 Å². The molecule has 118 valence electrons. The molecule has 1 aliphatic heterocycles. The molecule has 1 unspecified atom stereocenters. The van der Waals surface area contributed by atoms with Crippen LogP contribution in [0.3, 0.4) is 0 Å². The summed E-state index contributed by atoms with van der Waals surface area (Å²) in [7, 11) is 0. The van der Waals surface area contributed by atoms with E-state index in [0.717, 1.165) is 6.07 Å². The number of halogens is 3. The molecule has 3 rings (SSSR count). The summed E-state index contributed by atoms with van der Waals surface area (Å²) in [4.78, 5) is 24.2. The first kappa shape index (κ1) is 15.8. The largest absolute Gasteiger partial charge is 0.423 e. The number of para-hydroxylation sites is 1. The number of benzene rings is 2. The van der Waals surface area contributed by atoms with Crippen molar-refractivity contribution in [2.24, 2.45) is 0 Å². The maximum Gasteiger partial charge on any atom is 0.319 e. The van der Waals surface area contributed by atoms with Crippen LogP contribution in [0.4, 0.5) is 10.1 Å². The lowest BCUT2D eigenvalue weighted by atomic mass is 9.90. The van der Waals surface area contributed by atoms with E-state index in [1.54, 1.807) is 6.07 Å². The third kappa shape index (κ3) is 3.16. The van der Waals surface area contributed by atoms with Crippen molar-refractivity contribution < 1.29 is 18.7 Å². The zero-order valence-corrected chi connectivity index (χ0v) is 13.1. The Labute approximate surface area is 141 Å². The predicted molar refractivity (Wildman–Crippen MR) is 84.5 cm³/mol. The van der Waals surface area contributed by atoms with Crippen LogP contribution in [0, 0.1) is 5.82 Å². The van der Waals surface area contributed by atoms with Gasteiger partial charge in [-0.25, -0.2) is 4.39 Å². The number of anilines is 1. The summed E-state index contributed by atoms with van der Waals surface area (Å²) in [6.45, 7) is 0. The minimum atomic E-state index is -0.855. The molecule has 0 aliphatic carbocycles. The fourth-order valence-electron chi connectivity index (χ4n) is 2.40. The number of amides is 1.